The number of hydrogen-bond acceptors (Lipinski definition) is 6. The first kappa shape index (κ1) is 21.3. The van der Waals surface area contributed by atoms with Crippen molar-refractivity contribution in [3.05, 3.63) is 60.3 Å². The van der Waals surface area contributed by atoms with Gasteiger partial charge in [-0.25, -0.2) is 14.4 Å². The Balaban J connectivity index is 1.80. The van der Waals surface area contributed by atoms with Gasteiger partial charge in [-0.3, -0.25) is 5.32 Å². The molecular formula is C22H21N2O8+. The Morgan fingerprint density at radius 1 is 1.16 bits per heavy atom. The number of aliphatic hydroxyl groups is 1. The van der Waals surface area contributed by atoms with E-state index in [2.05, 4.69) is 5.32 Å². The summed E-state index contributed by atoms with van der Waals surface area (Å²) in [7, 11) is 0. The third-order valence-corrected chi connectivity index (χ3v) is 5.65. The number of aliphatic carboxylic acids is 2. The number of urea groups is 1. The van der Waals surface area contributed by atoms with Crippen molar-refractivity contribution >= 4 is 29.3 Å². The number of carboxylic acids is 2. The maximum Gasteiger partial charge on any atom is 0.431 e. The number of aliphatic hydroxyl groups excluding tert-OH is 1. The van der Waals surface area contributed by atoms with Gasteiger partial charge < -0.3 is 24.8 Å². The van der Waals surface area contributed by atoms with Gasteiger partial charge in [0.15, 0.2) is 22.8 Å². The summed E-state index contributed by atoms with van der Waals surface area (Å²) in [6, 6.07) is 12.4. The van der Waals surface area contributed by atoms with Crippen molar-refractivity contribution in [2.24, 2.45) is 0 Å². The number of amides is 2. The summed E-state index contributed by atoms with van der Waals surface area (Å²) < 4.78 is 10.6. The normalized spacial score (nSPS) is 24.9. The Morgan fingerprint density at radius 3 is 2.50 bits per heavy atom. The number of benzene rings is 2. The molecule has 0 radical (unpaired) electrons. The van der Waals surface area contributed by atoms with Gasteiger partial charge in [-0.05, 0) is 25.1 Å². The molecule has 166 valence electrons. The number of quaternary nitrogens is 1. The average molecular weight is 441 g/mol. The van der Waals surface area contributed by atoms with Crippen molar-refractivity contribution in [2.45, 2.75) is 18.6 Å². The van der Waals surface area contributed by atoms with E-state index in [0.29, 0.717) is 23.3 Å². The van der Waals surface area contributed by atoms with Gasteiger partial charge in [0, 0.05) is 6.07 Å². The van der Waals surface area contributed by atoms with Crippen molar-refractivity contribution in [2.75, 3.05) is 18.5 Å². The lowest BCUT2D eigenvalue weighted by Gasteiger charge is -2.41. The Kier molecular flexibility index (Phi) is 5.11. The van der Waals surface area contributed by atoms with E-state index in [0.717, 1.165) is 0 Å². The van der Waals surface area contributed by atoms with E-state index < -0.39 is 46.4 Å². The standard InChI is InChI=1S/C22H20N2O8/c1-22(12-31-16-8-4-5-9-17(16)32-22)18(25)11-24(15(20(28)29)10-19(26)27)14-7-3-2-6-13(14)23-21(24)30/h2-10,18,25H,11-12H2,1H3,(H2-,23,26,27,28,29,30)/p+1/b15-10-. The molecule has 2 aliphatic heterocycles. The van der Waals surface area contributed by atoms with E-state index in [1.807, 2.05) is 0 Å². The minimum absolute atomic E-state index is 0.0699. The van der Waals surface area contributed by atoms with E-state index in [9.17, 15) is 29.7 Å². The second kappa shape index (κ2) is 7.66. The zero-order valence-corrected chi connectivity index (χ0v) is 17.0. The monoisotopic (exact) mass is 441 g/mol. The molecule has 10 heteroatoms. The molecule has 0 saturated carbocycles. The fourth-order valence-corrected chi connectivity index (χ4v) is 3.98. The highest BCUT2D eigenvalue weighted by atomic mass is 16.6. The van der Waals surface area contributed by atoms with Crippen LogP contribution in [0.2, 0.25) is 0 Å². The SMILES string of the molecule is CC1(C(O)C[N+]2(/C(=C\C(=O)O)C(=O)O)C(=O)Nc3ccccc32)COc2ccccc2O1. The Bertz CT molecular complexity index is 1150. The number of ether oxygens (including phenoxy) is 2. The van der Waals surface area contributed by atoms with Crippen LogP contribution in [0.5, 0.6) is 11.5 Å². The largest absolute Gasteiger partial charge is 0.485 e. The second-order valence-corrected chi connectivity index (χ2v) is 7.78. The quantitative estimate of drug-likeness (QED) is 0.395. The molecule has 2 amide bonds. The van der Waals surface area contributed by atoms with Crippen LogP contribution in [0.15, 0.2) is 60.3 Å². The van der Waals surface area contributed by atoms with Crippen LogP contribution in [0.4, 0.5) is 16.2 Å². The van der Waals surface area contributed by atoms with Gasteiger partial charge in [-0.15, -0.1) is 0 Å². The number of fused-ring (bicyclic) bond motifs is 2. The molecule has 0 aliphatic carbocycles. The number of carbonyl (C=O) groups excluding carboxylic acids is 1. The number of anilines is 1. The van der Waals surface area contributed by atoms with Crippen LogP contribution in [0.25, 0.3) is 0 Å². The summed E-state index contributed by atoms with van der Waals surface area (Å²) in [6.07, 6.45) is -0.962. The van der Waals surface area contributed by atoms with Gasteiger partial charge in [0.25, 0.3) is 0 Å². The van der Waals surface area contributed by atoms with Gasteiger partial charge in [0.2, 0.25) is 5.70 Å². The third-order valence-electron chi connectivity index (χ3n) is 5.65. The molecule has 0 aromatic heterocycles. The number of nitrogens with one attached hydrogen (secondary N) is 1. The van der Waals surface area contributed by atoms with Gasteiger partial charge in [0.05, 0.1) is 6.08 Å². The molecule has 3 unspecified atom stereocenters. The highest BCUT2D eigenvalue weighted by Gasteiger charge is 2.57. The van der Waals surface area contributed by atoms with E-state index in [1.54, 1.807) is 49.4 Å². The maximum atomic E-state index is 13.2. The molecule has 2 aromatic carbocycles. The maximum absolute atomic E-state index is 13.2. The van der Waals surface area contributed by atoms with Crippen molar-refractivity contribution in [3.8, 4) is 11.5 Å². The summed E-state index contributed by atoms with van der Waals surface area (Å²) >= 11 is 0. The number of para-hydroxylation sites is 4. The van der Waals surface area contributed by atoms with Crippen molar-refractivity contribution < 1.29 is 39.2 Å². The van der Waals surface area contributed by atoms with Crippen LogP contribution < -0.4 is 19.3 Å². The zero-order chi connectivity index (χ0) is 23.1. The molecule has 0 spiro atoms. The number of nitrogens with zero attached hydrogens (tertiary/aromatic N) is 1. The number of rotatable bonds is 6. The van der Waals surface area contributed by atoms with Crippen LogP contribution in [-0.2, 0) is 9.59 Å². The van der Waals surface area contributed by atoms with Crippen LogP contribution in [0.1, 0.15) is 6.92 Å². The lowest BCUT2D eigenvalue weighted by Crippen LogP contribution is -2.63. The summed E-state index contributed by atoms with van der Waals surface area (Å²) in [4.78, 5) is 36.7. The van der Waals surface area contributed by atoms with E-state index in [-0.39, 0.29) is 12.3 Å². The fraction of sp³-hybridized carbons (Fsp3) is 0.227. The summed E-state index contributed by atoms with van der Waals surface area (Å²) in [5, 5.41) is 33.0. The van der Waals surface area contributed by atoms with Gasteiger partial charge in [-0.1, -0.05) is 24.3 Å². The molecule has 4 rings (SSSR count). The van der Waals surface area contributed by atoms with Gasteiger partial charge >= 0.3 is 18.0 Å². The molecule has 0 bridgehead atoms. The van der Waals surface area contributed by atoms with Crippen molar-refractivity contribution in [3.63, 3.8) is 0 Å². The lowest BCUT2D eigenvalue weighted by atomic mass is 9.96. The number of carboxylic acid groups (broad SMARTS) is 2. The first-order valence-electron chi connectivity index (χ1n) is 9.74. The molecule has 32 heavy (non-hydrogen) atoms. The number of carbonyl (C=O) groups is 3. The van der Waals surface area contributed by atoms with Gasteiger partial charge in [-0.2, -0.15) is 4.48 Å². The average Bonchev–Trinajstić information content (AvgIpc) is 3.03. The smallest absolute Gasteiger partial charge is 0.431 e. The van der Waals surface area contributed by atoms with E-state index in [1.165, 1.54) is 6.07 Å². The predicted octanol–water partition coefficient (Wildman–Crippen LogP) is 2.18. The molecule has 2 aliphatic rings. The Labute approximate surface area is 182 Å². The van der Waals surface area contributed by atoms with E-state index in [4.69, 9.17) is 9.47 Å². The van der Waals surface area contributed by atoms with Crippen LogP contribution in [0.3, 0.4) is 0 Å². The predicted molar refractivity (Wildman–Crippen MR) is 112 cm³/mol. The molecule has 0 fully saturated rings. The highest BCUT2D eigenvalue weighted by Crippen LogP contribution is 2.44. The topological polar surface area (TPSA) is 142 Å². The van der Waals surface area contributed by atoms with Crippen LogP contribution in [-0.4, -0.2) is 58.1 Å². The molecule has 10 nitrogen and oxygen atoms in total. The molecule has 2 heterocycles. The fourth-order valence-electron chi connectivity index (χ4n) is 3.98. The summed E-state index contributed by atoms with van der Waals surface area (Å²) in [5.74, 6) is -2.27. The Hall–Kier alpha value is -3.89. The zero-order valence-electron chi connectivity index (χ0n) is 17.0. The molecule has 2 aromatic rings. The summed E-state index contributed by atoms with van der Waals surface area (Å²) in [5.41, 5.74) is -1.55. The minimum atomic E-state index is -1.61. The molecule has 3 atom stereocenters. The minimum Gasteiger partial charge on any atom is -0.485 e. The van der Waals surface area contributed by atoms with Crippen molar-refractivity contribution in [1.82, 2.24) is 4.48 Å². The number of hydrogen-bond donors (Lipinski definition) is 4. The Morgan fingerprint density at radius 2 is 1.81 bits per heavy atom. The lowest BCUT2D eigenvalue weighted by molar-refractivity contribution is -0.136. The first-order valence-corrected chi connectivity index (χ1v) is 9.74. The molecular weight excluding hydrogens is 420 g/mol. The van der Waals surface area contributed by atoms with Gasteiger partial charge in [0.1, 0.15) is 24.9 Å². The first-order chi connectivity index (χ1) is 15.2. The van der Waals surface area contributed by atoms with Crippen LogP contribution in [0, 0.1) is 0 Å². The van der Waals surface area contributed by atoms with Crippen molar-refractivity contribution in [1.29, 1.82) is 0 Å². The summed E-state index contributed by atoms with van der Waals surface area (Å²) in [6.45, 7) is 1.00. The van der Waals surface area contributed by atoms with Crippen LogP contribution >= 0.6 is 0 Å². The van der Waals surface area contributed by atoms with E-state index >= 15 is 0 Å². The highest BCUT2D eigenvalue weighted by molar-refractivity contribution is 6.14. The third kappa shape index (κ3) is 3.35. The second-order valence-electron chi connectivity index (χ2n) is 7.78. The molecule has 0 saturated heterocycles. The molecule has 4 N–H and O–H groups in total.